The number of hydrogen-bond acceptors (Lipinski definition) is 4. The molecule has 0 aliphatic rings. The first-order valence-corrected chi connectivity index (χ1v) is 5.50. The fourth-order valence-corrected chi connectivity index (χ4v) is 1.54. The van der Waals surface area contributed by atoms with Crippen molar-refractivity contribution in [1.82, 2.24) is 0 Å². The average molecular weight is 259 g/mol. The SMILES string of the molecule is COCC(COC)OC(=O)c1ccccc1Cl. The fraction of sp³-hybridized carbons (Fsp3) is 0.417. The zero-order valence-corrected chi connectivity index (χ0v) is 10.6. The molecule has 0 saturated heterocycles. The van der Waals surface area contributed by atoms with Crippen LogP contribution in [0.25, 0.3) is 0 Å². The lowest BCUT2D eigenvalue weighted by Crippen LogP contribution is -2.27. The maximum Gasteiger partial charge on any atom is 0.340 e. The van der Waals surface area contributed by atoms with E-state index in [1.807, 2.05) is 0 Å². The van der Waals surface area contributed by atoms with Crippen molar-refractivity contribution in [2.24, 2.45) is 0 Å². The number of methoxy groups -OCH3 is 2. The van der Waals surface area contributed by atoms with E-state index in [0.717, 1.165) is 0 Å². The summed E-state index contributed by atoms with van der Waals surface area (Å²) in [5.41, 5.74) is 0.339. The van der Waals surface area contributed by atoms with Gasteiger partial charge in [0, 0.05) is 14.2 Å². The summed E-state index contributed by atoms with van der Waals surface area (Å²) in [6.45, 7) is 0.564. The van der Waals surface area contributed by atoms with Crippen LogP contribution in [0.1, 0.15) is 10.4 Å². The Morgan fingerprint density at radius 1 is 1.24 bits per heavy atom. The van der Waals surface area contributed by atoms with Crippen molar-refractivity contribution < 1.29 is 19.0 Å². The van der Waals surface area contributed by atoms with Crippen LogP contribution >= 0.6 is 11.6 Å². The molecule has 0 heterocycles. The first-order chi connectivity index (χ1) is 8.19. The molecule has 1 rings (SSSR count). The van der Waals surface area contributed by atoms with Gasteiger partial charge in [0.1, 0.15) is 6.10 Å². The summed E-state index contributed by atoms with van der Waals surface area (Å²) in [6.07, 6.45) is -0.436. The lowest BCUT2D eigenvalue weighted by atomic mass is 10.2. The van der Waals surface area contributed by atoms with E-state index in [2.05, 4.69) is 0 Å². The summed E-state index contributed by atoms with van der Waals surface area (Å²) in [5, 5.41) is 0.367. The van der Waals surface area contributed by atoms with E-state index in [-0.39, 0.29) is 13.2 Å². The van der Waals surface area contributed by atoms with E-state index < -0.39 is 12.1 Å². The zero-order valence-electron chi connectivity index (χ0n) is 9.81. The summed E-state index contributed by atoms with van der Waals surface area (Å²) < 4.78 is 15.1. The molecule has 94 valence electrons. The maximum absolute atomic E-state index is 11.8. The van der Waals surface area contributed by atoms with E-state index in [1.165, 1.54) is 14.2 Å². The molecule has 0 N–H and O–H groups in total. The van der Waals surface area contributed by atoms with Gasteiger partial charge in [-0.15, -0.1) is 0 Å². The molecule has 0 aliphatic carbocycles. The number of esters is 1. The summed E-state index contributed by atoms with van der Waals surface area (Å²) in [6, 6.07) is 6.73. The topological polar surface area (TPSA) is 44.8 Å². The Kier molecular flexibility index (Phi) is 5.97. The lowest BCUT2D eigenvalue weighted by Gasteiger charge is -2.16. The molecule has 0 bridgehead atoms. The van der Waals surface area contributed by atoms with Gasteiger partial charge in [0.25, 0.3) is 0 Å². The second-order valence-electron chi connectivity index (χ2n) is 3.42. The highest BCUT2D eigenvalue weighted by molar-refractivity contribution is 6.33. The molecule has 4 nitrogen and oxygen atoms in total. The molecular formula is C12H15ClO4. The molecule has 17 heavy (non-hydrogen) atoms. The van der Waals surface area contributed by atoms with Crippen molar-refractivity contribution >= 4 is 17.6 Å². The number of hydrogen-bond donors (Lipinski definition) is 0. The minimum Gasteiger partial charge on any atom is -0.454 e. The van der Waals surface area contributed by atoms with Crippen LogP contribution in [0.15, 0.2) is 24.3 Å². The van der Waals surface area contributed by atoms with E-state index in [9.17, 15) is 4.79 Å². The van der Waals surface area contributed by atoms with E-state index in [4.69, 9.17) is 25.8 Å². The number of carbonyl (C=O) groups is 1. The first-order valence-electron chi connectivity index (χ1n) is 5.12. The molecule has 0 fully saturated rings. The van der Waals surface area contributed by atoms with Crippen molar-refractivity contribution in [3.8, 4) is 0 Å². The van der Waals surface area contributed by atoms with Gasteiger partial charge in [-0.05, 0) is 12.1 Å². The van der Waals surface area contributed by atoms with Crippen LogP contribution in [0.5, 0.6) is 0 Å². The van der Waals surface area contributed by atoms with Gasteiger partial charge < -0.3 is 14.2 Å². The van der Waals surface area contributed by atoms with Crippen molar-refractivity contribution in [3.05, 3.63) is 34.9 Å². The van der Waals surface area contributed by atoms with E-state index >= 15 is 0 Å². The smallest absolute Gasteiger partial charge is 0.340 e. The molecule has 0 unspecified atom stereocenters. The third-order valence-corrected chi connectivity index (χ3v) is 2.40. The summed E-state index contributed by atoms with van der Waals surface area (Å²) >= 11 is 5.89. The van der Waals surface area contributed by atoms with Crippen molar-refractivity contribution in [1.29, 1.82) is 0 Å². The zero-order chi connectivity index (χ0) is 12.7. The van der Waals surface area contributed by atoms with Crippen LogP contribution in [-0.4, -0.2) is 39.5 Å². The molecule has 0 aromatic heterocycles. The Bertz CT molecular complexity index is 361. The number of ether oxygens (including phenoxy) is 3. The molecule has 1 aromatic carbocycles. The Labute approximate surface area is 105 Å². The molecule has 0 saturated carbocycles. The third-order valence-electron chi connectivity index (χ3n) is 2.07. The minimum absolute atomic E-state index is 0.282. The molecule has 0 spiro atoms. The van der Waals surface area contributed by atoms with Crippen LogP contribution in [0.4, 0.5) is 0 Å². The molecule has 0 atom stereocenters. The minimum atomic E-state index is -0.477. The van der Waals surface area contributed by atoms with Crippen molar-refractivity contribution in [2.45, 2.75) is 6.10 Å². The number of benzene rings is 1. The van der Waals surface area contributed by atoms with Gasteiger partial charge in [0.15, 0.2) is 0 Å². The standard InChI is InChI=1S/C12H15ClO4/c1-15-7-9(8-16-2)17-12(14)10-5-3-4-6-11(10)13/h3-6,9H,7-8H2,1-2H3. The maximum atomic E-state index is 11.8. The van der Waals surface area contributed by atoms with Gasteiger partial charge in [0.05, 0.1) is 23.8 Å². The highest BCUT2D eigenvalue weighted by Gasteiger charge is 2.17. The number of halogens is 1. The fourth-order valence-electron chi connectivity index (χ4n) is 1.33. The molecular weight excluding hydrogens is 244 g/mol. The molecule has 1 aromatic rings. The number of carbonyl (C=O) groups excluding carboxylic acids is 1. The van der Waals surface area contributed by atoms with Crippen LogP contribution in [0.3, 0.4) is 0 Å². The van der Waals surface area contributed by atoms with Crippen molar-refractivity contribution in [2.75, 3.05) is 27.4 Å². The van der Waals surface area contributed by atoms with Gasteiger partial charge in [-0.3, -0.25) is 0 Å². The summed E-state index contributed by atoms with van der Waals surface area (Å²) in [7, 11) is 3.07. The quantitative estimate of drug-likeness (QED) is 0.734. The first kappa shape index (κ1) is 14.0. The van der Waals surface area contributed by atoms with Crippen molar-refractivity contribution in [3.63, 3.8) is 0 Å². The summed E-state index contributed by atoms with van der Waals surface area (Å²) in [5.74, 6) is -0.477. The molecule has 0 amide bonds. The predicted molar refractivity (Wildman–Crippen MR) is 64.4 cm³/mol. The molecule has 5 heteroatoms. The van der Waals surface area contributed by atoms with Gasteiger partial charge in [-0.25, -0.2) is 4.79 Å². The van der Waals surface area contributed by atoms with E-state index in [0.29, 0.717) is 10.6 Å². The second kappa shape index (κ2) is 7.27. The lowest BCUT2D eigenvalue weighted by molar-refractivity contribution is -0.0223. The van der Waals surface area contributed by atoms with Gasteiger partial charge >= 0.3 is 5.97 Å². The Morgan fingerprint density at radius 2 is 1.82 bits per heavy atom. The largest absolute Gasteiger partial charge is 0.454 e. The predicted octanol–water partition coefficient (Wildman–Crippen LogP) is 2.16. The Hall–Kier alpha value is -1.10. The monoisotopic (exact) mass is 258 g/mol. The van der Waals surface area contributed by atoms with Gasteiger partial charge in [-0.1, -0.05) is 23.7 Å². The van der Waals surface area contributed by atoms with E-state index in [1.54, 1.807) is 24.3 Å². The third kappa shape index (κ3) is 4.34. The molecule has 0 radical (unpaired) electrons. The highest BCUT2D eigenvalue weighted by Crippen LogP contribution is 2.16. The molecule has 0 aliphatic heterocycles. The van der Waals surface area contributed by atoms with Crippen LogP contribution in [0.2, 0.25) is 5.02 Å². The number of rotatable bonds is 6. The van der Waals surface area contributed by atoms with Crippen LogP contribution < -0.4 is 0 Å². The normalized spacial score (nSPS) is 10.6. The Morgan fingerprint density at radius 3 is 2.35 bits per heavy atom. The van der Waals surface area contributed by atoms with Gasteiger partial charge in [0.2, 0.25) is 0 Å². The second-order valence-corrected chi connectivity index (χ2v) is 3.83. The van der Waals surface area contributed by atoms with Gasteiger partial charge in [-0.2, -0.15) is 0 Å². The Balaban J connectivity index is 2.67. The van der Waals surface area contributed by atoms with Crippen LogP contribution in [0, 0.1) is 0 Å². The highest BCUT2D eigenvalue weighted by atomic mass is 35.5. The summed E-state index contributed by atoms with van der Waals surface area (Å²) in [4.78, 5) is 11.8. The van der Waals surface area contributed by atoms with Crippen LogP contribution in [-0.2, 0) is 14.2 Å². The average Bonchev–Trinajstić information content (AvgIpc) is 2.30.